The first kappa shape index (κ1) is 24.3. The molecular formula is C28H34ClN3O3. The van der Waals surface area contributed by atoms with E-state index in [1.165, 1.54) is 24.0 Å². The number of hydrogen-bond donors (Lipinski definition) is 0. The minimum absolute atomic E-state index is 0.290. The third-order valence-electron chi connectivity index (χ3n) is 7.13. The molecular weight excluding hydrogens is 462 g/mol. The Morgan fingerprint density at radius 2 is 1.91 bits per heavy atom. The second-order valence-corrected chi connectivity index (χ2v) is 9.58. The highest BCUT2D eigenvalue weighted by atomic mass is 35.5. The molecule has 1 aromatic heterocycles. The summed E-state index contributed by atoms with van der Waals surface area (Å²) < 4.78 is 19.4. The monoisotopic (exact) mass is 495 g/mol. The number of methoxy groups -OCH3 is 1. The molecule has 6 nitrogen and oxygen atoms in total. The van der Waals surface area contributed by atoms with Crippen LogP contribution in [-0.2, 0) is 29.0 Å². The summed E-state index contributed by atoms with van der Waals surface area (Å²) in [6, 6.07) is 17.2. The number of rotatable bonds is 8. The van der Waals surface area contributed by atoms with Crippen LogP contribution in [0.4, 0.5) is 0 Å². The lowest BCUT2D eigenvalue weighted by Crippen LogP contribution is -2.34. The van der Waals surface area contributed by atoms with Crippen molar-refractivity contribution < 1.29 is 14.2 Å². The van der Waals surface area contributed by atoms with Gasteiger partial charge in [-0.05, 0) is 49.1 Å². The van der Waals surface area contributed by atoms with E-state index < -0.39 is 0 Å². The fourth-order valence-corrected chi connectivity index (χ4v) is 5.56. The van der Waals surface area contributed by atoms with Gasteiger partial charge >= 0.3 is 0 Å². The zero-order valence-electron chi connectivity index (χ0n) is 20.6. The van der Waals surface area contributed by atoms with Gasteiger partial charge in [-0.3, -0.25) is 4.90 Å². The number of imidazole rings is 1. The molecule has 5 rings (SSSR count). The summed E-state index contributed by atoms with van der Waals surface area (Å²) in [4.78, 5) is 7.42. The van der Waals surface area contributed by atoms with E-state index in [0.29, 0.717) is 37.5 Å². The average Bonchev–Trinajstić information content (AvgIpc) is 3.53. The smallest absolute Gasteiger partial charge is 0.175 e. The van der Waals surface area contributed by atoms with Gasteiger partial charge in [-0.1, -0.05) is 61.3 Å². The number of piperidine rings is 1. The maximum absolute atomic E-state index is 6.88. The first-order chi connectivity index (χ1) is 17.2. The van der Waals surface area contributed by atoms with Crippen LogP contribution >= 0.6 is 11.6 Å². The predicted octanol–water partition coefficient (Wildman–Crippen LogP) is 5.87. The summed E-state index contributed by atoms with van der Waals surface area (Å²) in [5, 5.41) is 0.555. The lowest BCUT2D eigenvalue weighted by molar-refractivity contribution is -0.0529. The van der Waals surface area contributed by atoms with Gasteiger partial charge in [0.05, 0.1) is 32.6 Å². The summed E-state index contributed by atoms with van der Waals surface area (Å²) >= 11 is 6.88. The maximum Gasteiger partial charge on any atom is 0.175 e. The van der Waals surface area contributed by atoms with Gasteiger partial charge in [-0.15, -0.1) is 0 Å². The Kier molecular flexibility index (Phi) is 7.73. The van der Waals surface area contributed by atoms with Crippen molar-refractivity contribution in [2.45, 2.75) is 58.0 Å². The van der Waals surface area contributed by atoms with Crippen molar-refractivity contribution in [3.8, 4) is 17.1 Å². The van der Waals surface area contributed by atoms with Crippen molar-refractivity contribution in [3.05, 3.63) is 70.5 Å². The highest BCUT2D eigenvalue weighted by Crippen LogP contribution is 2.36. The van der Waals surface area contributed by atoms with Crippen LogP contribution in [0.2, 0.25) is 5.15 Å². The van der Waals surface area contributed by atoms with Crippen LogP contribution in [0.25, 0.3) is 11.4 Å². The van der Waals surface area contributed by atoms with Crippen molar-refractivity contribution in [2.75, 3.05) is 26.9 Å². The summed E-state index contributed by atoms with van der Waals surface area (Å²) in [5.74, 6) is 1.78. The largest absolute Gasteiger partial charge is 0.497 e. The van der Waals surface area contributed by atoms with Crippen molar-refractivity contribution >= 4 is 11.6 Å². The molecule has 3 aromatic rings. The average molecular weight is 496 g/mol. The zero-order valence-corrected chi connectivity index (χ0v) is 21.3. The van der Waals surface area contributed by atoms with E-state index >= 15 is 0 Å². The van der Waals surface area contributed by atoms with E-state index in [4.69, 9.17) is 30.8 Å². The Bertz CT molecular complexity index is 1140. The molecule has 7 heteroatoms. The molecule has 0 saturated carbocycles. The van der Waals surface area contributed by atoms with Gasteiger partial charge in [0.2, 0.25) is 0 Å². The van der Waals surface area contributed by atoms with Crippen molar-refractivity contribution in [3.63, 3.8) is 0 Å². The molecule has 0 N–H and O–H groups in total. The van der Waals surface area contributed by atoms with Gasteiger partial charge in [0.15, 0.2) is 11.4 Å². The number of aromatic nitrogens is 2. The fraction of sp³-hybridized carbons (Fsp3) is 0.464. The number of hydrogen-bond acceptors (Lipinski definition) is 5. The Hall–Kier alpha value is -2.38. The minimum Gasteiger partial charge on any atom is -0.497 e. The summed E-state index contributed by atoms with van der Waals surface area (Å²) in [7, 11) is 1.72. The number of nitrogens with zero attached hydrogens (tertiary/aromatic N) is 3. The lowest BCUT2D eigenvalue weighted by Gasteiger charge is -2.36. The van der Waals surface area contributed by atoms with Gasteiger partial charge in [-0.25, -0.2) is 4.98 Å². The highest BCUT2D eigenvalue weighted by Gasteiger charge is 2.29. The number of halogens is 1. The van der Waals surface area contributed by atoms with E-state index in [0.717, 1.165) is 42.2 Å². The first-order valence-electron chi connectivity index (χ1n) is 12.6. The number of benzene rings is 2. The standard InChI is InChI=1S/C28H34ClN3O3/c1-3-20-9-4-5-12-23(20)28-30-27(29)25(32(28)19-26-34-15-16-35-26)18-31-14-7-6-13-24(31)21-10-8-11-22(17-21)33-2/h4-5,8-12,17,24,26H,3,6-7,13-16,18-19H2,1-2H3. The molecule has 0 aliphatic carbocycles. The Labute approximate surface area is 212 Å². The lowest BCUT2D eigenvalue weighted by atomic mass is 9.95. The van der Waals surface area contributed by atoms with Gasteiger partial charge in [0.1, 0.15) is 11.6 Å². The van der Waals surface area contributed by atoms with Crippen LogP contribution in [0, 0.1) is 0 Å². The van der Waals surface area contributed by atoms with Crippen LogP contribution < -0.4 is 4.74 Å². The molecule has 1 unspecified atom stereocenters. The van der Waals surface area contributed by atoms with E-state index in [-0.39, 0.29) is 6.29 Å². The Morgan fingerprint density at radius 1 is 1.09 bits per heavy atom. The van der Waals surface area contributed by atoms with Crippen LogP contribution in [0.15, 0.2) is 48.5 Å². The van der Waals surface area contributed by atoms with Gasteiger partial charge in [0, 0.05) is 18.2 Å². The molecule has 2 saturated heterocycles. The molecule has 2 fully saturated rings. The molecule has 186 valence electrons. The van der Waals surface area contributed by atoms with Gasteiger partial charge < -0.3 is 18.8 Å². The van der Waals surface area contributed by atoms with E-state index in [1.807, 2.05) is 6.07 Å². The highest BCUT2D eigenvalue weighted by molar-refractivity contribution is 6.30. The van der Waals surface area contributed by atoms with E-state index in [2.05, 4.69) is 58.9 Å². The maximum atomic E-state index is 6.88. The Balaban J connectivity index is 1.52. The molecule has 35 heavy (non-hydrogen) atoms. The second-order valence-electron chi connectivity index (χ2n) is 9.22. The number of aryl methyl sites for hydroxylation is 1. The first-order valence-corrected chi connectivity index (χ1v) is 13.0. The molecule has 0 bridgehead atoms. The molecule has 2 aliphatic heterocycles. The quantitative estimate of drug-likeness (QED) is 0.391. The SMILES string of the molecule is CCc1ccccc1-c1nc(Cl)c(CN2CCCCC2c2cccc(OC)c2)n1CC1OCCO1. The zero-order chi connectivity index (χ0) is 24.2. The number of ether oxygens (including phenoxy) is 3. The third kappa shape index (κ3) is 5.26. The molecule has 2 aliphatic rings. The van der Waals surface area contributed by atoms with Crippen molar-refractivity contribution in [1.82, 2.24) is 14.5 Å². The third-order valence-corrected chi connectivity index (χ3v) is 7.43. The van der Waals surface area contributed by atoms with Crippen LogP contribution in [0.1, 0.15) is 49.0 Å². The van der Waals surface area contributed by atoms with Crippen LogP contribution in [0.5, 0.6) is 5.75 Å². The second kappa shape index (κ2) is 11.1. The van der Waals surface area contributed by atoms with Crippen molar-refractivity contribution in [1.29, 1.82) is 0 Å². The fourth-order valence-electron chi connectivity index (χ4n) is 5.32. The topological polar surface area (TPSA) is 48.8 Å². The summed E-state index contributed by atoms with van der Waals surface area (Å²) in [6.45, 7) is 5.71. The van der Waals surface area contributed by atoms with Crippen LogP contribution in [0.3, 0.4) is 0 Å². The molecule has 0 radical (unpaired) electrons. The van der Waals surface area contributed by atoms with Gasteiger partial charge in [-0.2, -0.15) is 0 Å². The summed E-state index contributed by atoms with van der Waals surface area (Å²) in [5.41, 5.74) is 4.67. The predicted molar refractivity (Wildman–Crippen MR) is 138 cm³/mol. The normalized spacial score (nSPS) is 19.3. The molecule has 3 heterocycles. The molecule has 0 amide bonds. The van der Waals surface area contributed by atoms with E-state index in [9.17, 15) is 0 Å². The van der Waals surface area contributed by atoms with E-state index in [1.54, 1.807) is 7.11 Å². The molecule has 2 aromatic carbocycles. The van der Waals surface area contributed by atoms with Gasteiger partial charge in [0.25, 0.3) is 0 Å². The number of likely N-dealkylation sites (tertiary alicyclic amines) is 1. The summed E-state index contributed by atoms with van der Waals surface area (Å²) in [6.07, 6.45) is 4.13. The minimum atomic E-state index is -0.290. The van der Waals surface area contributed by atoms with Crippen molar-refractivity contribution in [2.24, 2.45) is 0 Å². The molecule has 1 atom stereocenters. The molecule has 0 spiro atoms. The van der Waals surface area contributed by atoms with Crippen LogP contribution in [-0.4, -0.2) is 47.6 Å². The Morgan fingerprint density at radius 3 is 2.71 bits per heavy atom.